The molecule has 3 aromatic rings. The summed E-state index contributed by atoms with van der Waals surface area (Å²) < 4.78 is 7.52. The number of para-hydroxylation sites is 1. The molecule has 3 heteroatoms. The molecule has 0 aliphatic rings. The predicted molar refractivity (Wildman–Crippen MR) is 77.9 cm³/mol. The molecule has 0 amide bonds. The highest BCUT2D eigenvalue weighted by Gasteiger charge is 2.08. The van der Waals surface area contributed by atoms with Gasteiger partial charge in [0, 0.05) is 17.8 Å². The van der Waals surface area contributed by atoms with Crippen LogP contribution in [-0.4, -0.2) is 11.2 Å². The molecular formula is C16H15NO2. The number of pyridine rings is 1. The minimum Gasteiger partial charge on any atom is -0.494 e. The second-order valence-corrected chi connectivity index (χ2v) is 4.52. The van der Waals surface area contributed by atoms with E-state index in [0.29, 0.717) is 12.0 Å². The van der Waals surface area contributed by atoms with E-state index < -0.39 is 0 Å². The van der Waals surface area contributed by atoms with Crippen LogP contribution in [0.25, 0.3) is 21.8 Å². The lowest BCUT2D eigenvalue weighted by molar-refractivity contribution is 0.340. The van der Waals surface area contributed by atoms with Crippen molar-refractivity contribution >= 4 is 21.8 Å². The SMILES string of the molecule is CCOc1ccc2c(c1)c(=O)c1ccccc1n2C. The third-order valence-corrected chi connectivity index (χ3v) is 3.40. The fraction of sp³-hybridized carbons (Fsp3) is 0.188. The standard InChI is InChI=1S/C16H15NO2/c1-3-19-11-8-9-15-13(10-11)16(18)12-6-4-5-7-14(12)17(15)2/h4-10H,3H2,1-2H3. The molecule has 0 radical (unpaired) electrons. The number of aryl methyl sites for hydroxylation is 1. The van der Waals surface area contributed by atoms with Crippen LogP contribution in [0.5, 0.6) is 5.75 Å². The summed E-state index contributed by atoms with van der Waals surface area (Å²) in [6, 6.07) is 13.3. The number of fused-ring (bicyclic) bond motifs is 2. The summed E-state index contributed by atoms with van der Waals surface area (Å²) in [4.78, 5) is 12.5. The molecule has 0 unspecified atom stereocenters. The number of nitrogens with zero attached hydrogens (tertiary/aromatic N) is 1. The highest BCUT2D eigenvalue weighted by molar-refractivity contribution is 5.93. The van der Waals surface area contributed by atoms with Crippen molar-refractivity contribution in [1.29, 1.82) is 0 Å². The Morgan fingerprint density at radius 1 is 1.05 bits per heavy atom. The first kappa shape index (κ1) is 11.8. The molecule has 0 N–H and O–H groups in total. The molecule has 0 fully saturated rings. The summed E-state index contributed by atoms with van der Waals surface area (Å²) in [5.41, 5.74) is 1.93. The van der Waals surface area contributed by atoms with Crippen LogP contribution in [0.15, 0.2) is 47.3 Å². The highest BCUT2D eigenvalue weighted by Crippen LogP contribution is 2.22. The topological polar surface area (TPSA) is 31.2 Å². The molecule has 2 aromatic carbocycles. The Morgan fingerprint density at radius 2 is 1.79 bits per heavy atom. The lowest BCUT2D eigenvalue weighted by Gasteiger charge is -2.11. The maximum Gasteiger partial charge on any atom is 0.197 e. The third-order valence-electron chi connectivity index (χ3n) is 3.40. The van der Waals surface area contributed by atoms with Crippen LogP contribution in [0.3, 0.4) is 0 Å². The molecule has 0 bridgehead atoms. The fourth-order valence-corrected chi connectivity index (χ4v) is 2.48. The average Bonchev–Trinajstić information content (AvgIpc) is 2.45. The van der Waals surface area contributed by atoms with E-state index in [1.807, 2.05) is 61.0 Å². The van der Waals surface area contributed by atoms with Gasteiger partial charge in [-0.15, -0.1) is 0 Å². The number of aromatic nitrogens is 1. The molecule has 3 rings (SSSR count). The number of rotatable bonds is 2. The molecule has 96 valence electrons. The molecule has 0 aliphatic carbocycles. The van der Waals surface area contributed by atoms with Crippen molar-refractivity contribution in [3.63, 3.8) is 0 Å². The predicted octanol–water partition coefficient (Wildman–Crippen LogP) is 3.09. The van der Waals surface area contributed by atoms with Crippen molar-refractivity contribution in [2.75, 3.05) is 6.61 Å². The number of hydrogen-bond donors (Lipinski definition) is 0. The van der Waals surface area contributed by atoms with Crippen LogP contribution in [0.4, 0.5) is 0 Å². The zero-order valence-electron chi connectivity index (χ0n) is 11.0. The molecule has 1 heterocycles. The maximum atomic E-state index is 12.5. The maximum absolute atomic E-state index is 12.5. The lowest BCUT2D eigenvalue weighted by Crippen LogP contribution is -2.09. The normalized spacial score (nSPS) is 11.1. The van der Waals surface area contributed by atoms with E-state index >= 15 is 0 Å². The Labute approximate surface area is 111 Å². The third kappa shape index (κ3) is 1.78. The molecule has 0 atom stereocenters. The lowest BCUT2D eigenvalue weighted by atomic mass is 10.1. The van der Waals surface area contributed by atoms with Gasteiger partial charge in [-0.05, 0) is 37.3 Å². The van der Waals surface area contributed by atoms with Crippen molar-refractivity contribution in [2.45, 2.75) is 6.92 Å². The summed E-state index contributed by atoms with van der Waals surface area (Å²) in [6.45, 7) is 2.53. The van der Waals surface area contributed by atoms with Gasteiger partial charge in [0.2, 0.25) is 0 Å². The summed E-state index contributed by atoms with van der Waals surface area (Å²) in [5, 5.41) is 1.44. The van der Waals surface area contributed by atoms with Gasteiger partial charge in [-0.1, -0.05) is 12.1 Å². The van der Waals surface area contributed by atoms with Gasteiger partial charge in [0.25, 0.3) is 0 Å². The second kappa shape index (κ2) is 4.43. The van der Waals surface area contributed by atoms with E-state index in [4.69, 9.17) is 4.74 Å². The number of benzene rings is 2. The van der Waals surface area contributed by atoms with Gasteiger partial charge in [-0.3, -0.25) is 4.79 Å². The number of ether oxygens (including phenoxy) is 1. The molecule has 19 heavy (non-hydrogen) atoms. The van der Waals surface area contributed by atoms with Crippen LogP contribution in [0.1, 0.15) is 6.92 Å². The Hall–Kier alpha value is -2.29. The molecule has 0 spiro atoms. The van der Waals surface area contributed by atoms with Gasteiger partial charge >= 0.3 is 0 Å². The van der Waals surface area contributed by atoms with Crippen molar-refractivity contribution in [1.82, 2.24) is 4.57 Å². The molecule has 1 aromatic heterocycles. The van der Waals surface area contributed by atoms with Crippen molar-refractivity contribution in [3.05, 3.63) is 52.7 Å². The van der Waals surface area contributed by atoms with Gasteiger partial charge in [0.15, 0.2) is 5.43 Å². The molecule has 0 saturated carbocycles. The van der Waals surface area contributed by atoms with Crippen molar-refractivity contribution < 1.29 is 4.74 Å². The zero-order chi connectivity index (χ0) is 13.4. The summed E-state index contributed by atoms with van der Waals surface area (Å²) in [7, 11) is 1.98. The highest BCUT2D eigenvalue weighted by atomic mass is 16.5. The smallest absolute Gasteiger partial charge is 0.197 e. The van der Waals surface area contributed by atoms with E-state index in [1.165, 1.54) is 0 Å². The minimum atomic E-state index is 0.0604. The Bertz CT molecular complexity index is 818. The molecule has 3 nitrogen and oxygen atoms in total. The van der Waals surface area contributed by atoms with E-state index in [2.05, 4.69) is 0 Å². The molecular weight excluding hydrogens is 238 g/mol. The van der Waals surface area contributed by atoms with E-state index in [-0.39, 0.29) is 5.43 Å². The van der Waals surface area contributed by atoms with E-state index in [9.17, 15) is 4.79 Å². The summed E-state index contributed by atoms with van der Waals surface area (Å²) in [6.07, 6.45) is 0. The van der Waals surface area contributed by atoms with Crippen molar-refractivity contribution in [3.8, 4) is 5.75 Å². The zero-order valence-corrected chi connectivity index (χ0v) is 11.0. The fourth-order valence-electron chi connectivity index (χ4n) is 2.48. The van der Waals surface area contributed by atoms with Crippen molar-refractivity contribution in [2.24, 2.45) is 7.05 Å². The summed E-state index contributed by atoms with van der Waals surface area (Å²) >= 11 is 0. The van der Waals surface area contributed by atoms with Gasteiger partial charge in [0.05, 0.1) is 17.6 Å². The van der Waals surface area contributed by atoms with Gasteiger partial charge in [-0.2, -0.15) is 0 Å². The average molecular weight is 253 g/mol. The van der Waals surface area contributed by atoms with Crippen LogP contribution in [0, 0.1) is 0 Å². The monoisotopic (exact) mass is 253 g/mol. The quantitative estimate of drug-likeness (QED) is 0.657. The largest absolute Gasteiger partial charge is 0.494 e. The van der Waals surface area contributed by atoms with Gasteiger partial charge in [-0.25, -0.2) is 0 Å². The van der Waals surface area contributed by atoms with Gasteiger partial charge < -0.3 is 9.30 Å². The Morgan fingerprint density at radius 3 is 2.58 bits per heavy atom. The first-order valence-electron chi connectivity index (χ1n) is 6.36. The Balaban J connectivity index is 2.46. The van der Waals surface area contributed by atoms with E-state index in [1.54, 1.807) is 0 Å². The second-order valence-electron chi connectivity index (χ2n) is 4.52. The first-order valence-corrected chi connectivity index (χ1v) is 6.36. The minimum absolute atomic E-state index is 0.0604. The summed E-state index contributed by atoms with van der Waals surface area (Å²) in [5.74, 6) is 0.738. The molecule has 0 aliphatic heterocycles. The van der Waals surface area contributed by atoms with Crippen LogP contribution in [-0.2, 0) is 7.05 Å². The van der Waals surface area contributed by atoms with Crippen LogP contribution >= 0.6 is 0 Å². The molecule has 0 saturated heterocycles. The van der Waals surface area contributed by atoms with E-state index in [0.717, 1.165) is 22.2 Å². The van der Waals surface area contributed by atoms with Gasteiger partial charge in [0.1, 0.15) is 5.75 Å². The first-order chi connectivity index (χ1) is 9.22. The van der Waals surface area contributed by atoms with Crippen LogP contribution in [0.2, 0.25) is 0 Å². The number of hydrogen-bond acceptors (Lipinski definition) is 2. The van der Waals surface area contributed by atoms with Crippen LogP contribution < -0.4 is 10.2 Å². The Kier molecular flexibility index (Phi) is 2.75.